The molecule has 0 bridgehead atoms. The molecule has 9 rings (SSSR count). The van der Waals surface area contributed by atoms with Crippen LogP contribution in [-0.4, -0.2) is 29.3 Å². The minimum Gasteiger partial charge on any atom is -0.387 e. The quantitative estimate of drug-likeness (QED) is 0.172. The molecule has 0 saturated heterocycles. The third-order valence-electron chi connectivity index (χ3n) is 10.1. The molecule has 6 aromatic carbocycles. The van der Waals surface area contributed by atoms with Crippen molar-refractivity contribution in [3.8, 4) is 66.9 Å². The van der Waals surface area contributed by atoms with Gasteiger partial charge in [0.25, 0.3) is 0 Å². The van der Waals surface area contributed by atoms with Crippen LogP contribution in [0.2, 0.25) is 0 Å². The number of benzene rings is 6. The highest BCUT2D eigenvalue weighted by Gasteiger charge is 2.15. The van der Waals surface area contributed by atoms with Crippen LogP contribution in [0.25, 0.3) is 78.0 Å². The number of aromatic nitrogens is 2. The van der Waals surface area contributed by atoms with Gasteiger partial charge in [0.1, 0.15) is 0 Å². The summed E-state index contributed by atoms with van der Waals surface area (Å²) in [6, 6.07) is 56.8. The van der Waals surface area contributed by atoms with E-state index in [0.29, 0.717) is 0 Å². The van der Waals surface area contributed by atoms with Crippen LogP contribution in [0, 0.1) is 0 Å². The number of dihydropyridines is 2. The average Bonchev–Trinajstić information content (AvgIpc) is 3.27. The minimum absolute atomic E-state index is 0.737. The Balaban J connectivity index is 1.11. The number of hydrogen-bond acceptors (Lipinski definition) is 4. The van der Waals surface area contributed by atoms with Crippen LogP contribution in [0.15, 0.2) is 187 Å². The van der Waals surface area contributed by atoms with Gasteiger partial charge in [0.05, 0.1) is 11.4 Å². The van der Waals surface area contributed by atoms with Gasteiger partial charge in [-0.25, -0.2) is 9.97 Å². The highest BCUT2D eigenvalue weighted by Crippen LogP contribution is 2.36. The molecule has 7 aromatic rings. The summed E-state index contributed by atoms with van der Waals surface area (Å²) in [4.78, 5) is 14.5. The van der Waals surface area contributed by atoms with Gasteiger partial charge < -0.3 is 5.32 Å². The molecule has 4 heteroatoms. The third kappa shape index (κ3) is 7.10. The standard InChI is InChI=1S/C50H38N4/c1-3-8-35(9-4-1)37-14-16-38(17-15-37)45-31-46(33-47(32-45)44-13-7-12-43(30-44)36-10-5-2-6-11-36)39-18-20-40(21-19-39)48-34-49(41-22-26-51-27-23-41)54-50(53-48)42-24-28-52-29-25-42/h1-22,24-26,28,30-34,52H,23,27,29H2. The van der Waals surface area contributed by atoms with E-state index in [9.17, 15) is 0 Å². The van der Waals surface area contributed by atoms with Crippen molar-refractivity contribution >= 4 is 17.4 Å². The molecule has 258 valence electrons. The lowest BCUT2D eigenvalue weighted by Gasteiger charge is -2.15. The molecule has 0 unspecified atom stereocenters. The third-order valence-corrected chi connectivity index (χ3v) is 10.1. The number of allylic oxidation sites excluding steroid dienone is 3. The Bertz CT molecular complexity index is 2560. The van der Waals surface area contributed by atoms with Gasteiger partial charge in [-0.05, 0) is 116 Å². The zero-order chi connectivity index (χ0) is 36.1. The zero-order valence-corrected chi connectivity index (χ0v) is 29.9. The first-order valence-corrected chi connectivity index (χ1v) is 18.5. The molecule has 0 radical (unpaired) electrons. The van der Waals surface area contributed by atoms with Crippen molar-refractivity contribution in [2.24, 2.45) is 4.99 Å². The summed E-state index contributed by atoms with van der Waals surface area (Å²) in [5.74, 6) is 0.737. The summed E-state index contributed by atoms with van der Waals surface area (Å²) in [5, 5.41) is 3.24. The van der Waals surface area contributed by atoms with Crippen LogP contribution in [0.5, 0.6) is 0 Å². The van der Waals surface area contributed by atoms with Gasteiger partial charge in [0.2, 0.25) is 0 Å². The van der Waals surface area contributed by atoms with Gasteiger partial charge in [-0.3, -0.25) is 4.99 Å². The van der Waals surface area contributed by atoms with Crippen LogP contribution >= 0.6 is 0 Å². The van der Waals surface area contributed by atoms with Crippen molar-refractivity contribution in [3.05, 3.63) is 194 Å². The molecule has 1 aromatic heterocycles. The van der Waals surface area contributed by atoms with Crippen molar-refractivity contribution in [3.63, 3.8) is 0 Å². The second kappa shape index (κ2) is 15.0. The van der Waals surface area contributed by atoms with Gasteiger partial charge in [-0.2, -0.15) is 0 Å². The molecule has 1 N–H and O–H groups in total. The molecule has 2 aliphatic rings. The summed E-state index contributed by atoms with van der Waals surface area (Å²) >= 11 is 0. The maximum Gasteiger partial charge on any atom is 0.160 e. The number of rotatable bonds is 8. The Labute approximate surface area is 316 Å². The number of nitrogens with one attached hydrogen (secondary N) is 1. The van der Waals surface area contributed by atoms with E-state index in [1.54, 1.807) is 0 Å². The van der Waals surface area contributed by atoms with Crippen LogP contribution in [-0.2, 0) is 0 Å². The molecular weight excluding hydrogens is 657 g/mol. The summed E-state index contributed by atoms with van der Waals surface area (Å²) in [6.07, 6.45) is 11.0. The van der Waals surface area contributed by atoms with E-state index in [-0.39, 0.29) is 0 Å². The fourth-order valence-electron chi connectivity index (χ4n) is 7.16. The maximum absolute atomic E-state index is 5.07. The SMILES string of the molecule is C1=CC(c2nc(C3=CC=NCC3)cc(-c3ccc(-c4cc(-c5ccc(-c6ccccc6)cc5)cc(-c5cccc(-c6ccccc6)c5)c4)cc3)n2)=CCN1. The van der Waals surface area contributed by atoms with E-state index in [1.807, 2.05) is 18.5 Å². The molecule has 4 nitrogen and oxygen atoms in total. The second-order valence-electron chi connectivity index (χ2n) is 13.6. The Kier molecular flexibility index (Phi) is 9.14. The van der Waals surface area contributed by atoms with Crippen LogP contribution in [0.4, 0.5) is 0 Å². The Morgan fingerprint density at radius 2 is 0.944 bits per heavy atom. The summed E-state index contributed by atoms with van der Waals surface area (Å²) in [7, 11) is 0. The van der Waals surface area contributed by atoms with Gasteiger partial charge in [-0.1, -0.05) is 133 Å². The van der Waals surface area contributed by atoms with E-state index in [4.69, 9.17) is 9.97 Å². The summed E-state index contributed by atoms with van der Waals surface area (Å²) < 4.78 is 0. The first-order chi connectivity index (χ1) is 26.7. The fourth-order valence-corrected chi connectivity index (χ4v) is 7.16. The van der Waals surface area contributed by atoms with E-state index in [1.165, 1.54) is 50.1 Å². The molecule has 0 spiro atoms. The molecule has 2 aliphatic heterocycles. The molecule has 3 heterocycles. The van der Waals surface area contributed by atoms with E-state index >= 15 is 0 Å². The van der Waals surface area contributed by atoms with Crippen molar-refractivity contribution in [1.29, 1.82) is 0 Å². The molecule has 0 amide bonds. The van der Waals surface area contributed by atoms with Gasteiger partial charge in [-0.15, -0.1) is 0 Å². The Hall–Kier alpha value is -6.91. The number of nitrogens with zero attached hydrogens (tertiary/aromatic N) is 3. The molecule has 0 atom stereocenters. The lowest BCUT2D eigenvalue weighted by atomic mass is 9.91. The number of hydrogen-bond donors (Lipinski definition) is 1. The second-order valence-corrected chi connectivity index (χ2v) is 13.6. The predicted molar refractivity (Wildman–Crippen MR) is 226 cm³/mol. The van der Waals surface area contributed by atoms with Crippen molar-refractivity contribution in [2.45, 2.75) is 6.42 Å². The topological polar surface area (TPSA) is 50.2 Å². The van der Waals surface area contributed by atoms with Gasteiger partial charge >= 0.3 is 0 Å². The highest BCUT2D eigenvalue weighted by molar-refractivity contribution is 5.87. The smallest absolute Gasteiger partial charge is 0.160 e. The molecule has 0 saturated carbocycles. The monoisotopic (exact) mass is 694 g/mol. The van der Waals surface area contributed by atoms with Crippen molar-refractivity contribution in [1.82, 2.24) is 15.3 Å². The van der Waals surface area contributed by atoms with E-state index in [2.05, 4.69) is 180 Å². The maximum atomic E-state index is 5.07. The Morgan fingerprint density at radius 1 is 0.444 bits per heavy atom. The Morgan fingerprint density at radius 3 is 1.54 bits per heavy atom. The fraction of sp³-hybridized carbons (Fsp3) is 0.0600. The van der Waals surface area contributed by atoms with Crippen molar-refractivity contribution < 1.29 is 0 Å². The van der Waals surface area contributed by atoms with Crippen molar-refractivity contribution in [2.75, 3.05) is 13.1 Å². The summed E-state index contributed by atoms with van der Waals surface area (Å²) in [5.41, 5.74) is 17.0. The molecular formula is C50H38N4. The zero-order valence-electron chi connectivity index (χ0n) is 29.9. The predicted octanol–water partition coefficient (Wildman–Crippen LogP) is 11.8. The largest absolute Gasteiger partial charge is 0.387 e. The number of aliphatic imine (C=N–C) groups is 1. The minimum atomic E-state index is 0.737. The van der Waals surface area contributed by atoms with Crippen LogP contribution in [0.3, 0.4) is 0 Å². The van der Waals surface area contributed by atoms with Gasteiger partial charge in [0, 0.05) is 30.4 Å². The highest BCUT2D eigenvalue weighted by atomic mass is 14.9. The van der Waals surface area contributed by atoms with E-state index in [0.717, 1.165) is 59.0 Å². The van der Waals surface area contributed by atoms with Crippen LogP contribution < -0.4 is 5.32 Å². The first-order valence-electron chi connectivity index (χ1n) is 18.5. The lowest BCUT2D eigenvalue weighted by Crippen LogP contribution is -2.10. The normalized spacial score (nSPS) is 13.6. The summed E-state index contributed by atoms with van der Waals surface area (Å²) in [6.45, 7) is 1.53. The van der Waals surface area contributed by atoms with Crippen LogP contribution in [0.1, 0.15) is 17.9 Å². The first kappa shape index (κ1) is 33.0. The van der Waals surface area contributed by atoms with E-state index < -0.39 is 0 Å². The lowest BCUT2D eigenvalue weighted by molar-refractivity contribution is 0.965. The molecule has 0 aliphatic carbocycles. The molecule has 0 fully saturated rings. The molecule has 54 heavy (non-hydrogen) atoms. The average molecular weight is 695 g/mol. The van der Waals surface area contributed by atoms with Gasteiger partial charge in [0.15, 0.2) is 5.82 Å².